The molecule has 41 heavy (non-hydrogen) atoms. The van der Waals surface area contributed by atoms with E-state index in [0.717, 1.165) is 69.1 Å². The Labute approximate surface area is 240 Å². The van der Waals surface area contributed by atoms with E-state index in [1.807, 2.05) is 11.8 Å². The van der Waals surface area contributed by atoms with Crippen molar-refractivity contribution in [2.75, 3.05) is 39.3 Å². The van der Waals surface area contributed by atoms with Crippen LogP contribution in [-0.2, 0) is 11.0 Å². The first-order valence-corrected chi connectivity index (χ1v) is 14.7. The average Bonchev–Trinajstić information content (AvgIpc) is 2.95. The minimum Gasteiger partial charge on any atom is -0.507 e. The number of aromatic hydroxyl groups is 1. The zero-order valence-corrected chi connectivity index (χ0v) is 24.4. The number of piperidine rings is 3. The van der Waals surface area contributed by atoms with Crippen molar-refractivity contribution in [3.8, 4) is 5.75 Å². The van der Waals surface area contributed by atoms with Crippen LogP contribution in [0.4, 0.5) is 13.2 Å². The second-order valence-electron chi connectivity index (χ2n) is 11.6. The fourth-order valence-corrected chi connectivity index (χ4v) is 6.34. The molecule has 1 unspecified atom stereocenters. The maximum atomic E-state index is 13.1. The van der Waals surface area contributed by atoms with Gasteiger partial charge in [0.15, 0.2) is 0 Å². The molecule has 3 N–H and O–H groups in total. The molecule has 3 saturated heterocycles. The molecule has 0 radical (unpaired) electrons. The van der Waals surface area contributed by atoms with E-state index in [1.165, 1.54) is 11.6 Å². The van der Waals surface area contributed by atoms with Crippen LogP contribution in [0.25, 0.3) is 0 Å². The Morgan fingerprint density at radius 1 is 1.07 bits per heavy atom. The number of phenolic OH excluding ortho intramolecular Hbond substituents is 1. The van der Waals surface area contributed by atoms with Crippen LogP contribution in [0.5, 0.6) is 5.75 Å². The molecule has 3 aliphatic rings. The molecular weight excluding hydrogens is 533 g/mol. The quantitative estimate of drug-likeness (QED) is 0.399. The molecular formula is C31H43F3N4O3. The third kappa shape index (κ3) is 7.15. The van der Waals surface area contributed by atoms with Crippen molar-refractivity contribution < 1.29 is 28.2 Å². The molecule has 0 bridgehead atoms. The van der Waals surface area contributed by atoms with Gasteiger partial charge in [-0.3, -0.25) is 15.1 Å². The van der Waals surface area contributed by atoms with E-state index in [-0.39, 0.29) is 29.3 Å². The second-order valence-corrected chi connectivity index (χ2v) is 11.6. The summed E-state index contributed by atoms with van der Waals surface area (Å²) in [7, 11) is 0. The monoisotopic (exact) mass is 576 g/mol. The van der Waals surface area contributed by atoms with Crippen LogP contribution in [0.1, 0.15) is 76.8 Å². The van der Waals surface area contributed by atoms with Gasteiger partial charge in [-0.1, -0.05) is 6.92 Å². The van der Waals surface area contributed by atoms with E-state index in [9.17, 15) is 28.2 Å². The van der Waals surface area contributed by atoms with Gasteiger partial charge in [0, 0.05) is 43.5 Å². The Bertz CT molecular complexity index is 1200. The first-order valence-electron chi connectivity index (χ1n) is 14.7. The molecule has 1 aromatic carbocycles. The maximum absolute atomic E-state index is 13.1. The van der Waals surface area contributed by atoms with Gasteiger partial charge >= 0.3 is 6.18 Å². The summed E-state index contributed by atoms with van der Waals surface area (Å²) >= 11 is 0. The molecule has 0 aliphatic carbocycles. The van der Waals surface area contributed by atoms with E-state index in [1.54, 1.807) is 0 Å². The van der Waals surface area contributed by atoms with E-state index in [4.69, 9.17) is 5.41 Å². The zero-order chi connectivity index (χ0) is 29.9. The molecule has 3 aliphatic heterocycles. The average molecular weight is 577 g/mol. The van der Waals surface area contributed by atoms with Crippen molar-refractivity contribution in [1.29, 1.82) is 5.41 Å². The molecule has 7 nitrogen and oxygen atoms in total. The van der Waals surface area contributed by atoms with Gasteiger partial charge in [-0.2, -0.15) is 13.2 Å². The summed E-state index contributed by atoms with van der Waals surface area (Å²) in [6.45, 7) is 10.0. The number of carbonyl (C=O) groups excluding carboxylic acids is 1. The Kier molecular flexibility index (Phi) is 9.85. The predicted molar refractivity (Wildman–Crippen MR) is 153 cm³/mol. The molecule has 1 aromatic rings. The van der Waals surface area contributed by atoms with Gasteiger partial charge in [-0.25, -0.2) is 0 Å². The number of nitrogens with one attached hydrogen (secondary N) is 1. The summed E-state index contributed by atoms with van der Waals surface area (Å²) in [4.78, 5) is 19.5. The van der Waals surface area contributed by atoms with Crippen LogP contribution < -0.4 is 0 Å². The summed E-state index contributed by atoms with van der Waals surface area (Å²) in [5.74, 6) is -0.441. The van der Waals surface area contributed by atoms with Crippen LogP contribution in [0, 0.1) is 5.41 Å². The predicted octanol–water partition coefficient (Wildman–Crippen LogP) is 5.32. The second kappa shape index (κ2) is 13.0. The normalized spacial score (nSPS) is 23.9. The van der Waals surface area contributed by atoms with Crippen molar-refractivity contribution >= 4 is 11.6 Å². The van der Waals surface area contributed by atoms with Gasteiger partial charge in [-0.05, 0) is 100 Å². The number of aliphatic hydroxyl groups excluding tert-OH is 1. The van der Waals surface area contributed by atoms with Gasteiger partial charge in [0.1, 0.15) is 5.75 Å². The molecule has 1 atom stereocenters. The van der Waals surface area contributed by atoms with Gasteiger partial charge in [-0.15, -0.1) is 0 Å². The molecule has 0 aromatic heterocycles. The number of phenols is 1. The van der Waals surface area contributed by atoms with Gasteiger partial charge in [0.2, 0.25) is 5.91 Å². The zero-order valence-electron chi connectivity index (χ0n) is 24.4. The topological polar surface area (TPSA) is 91.1 Å². The molecule has 3 heterocycles. The fraction of sp³-hybridized carbons (Fsp3) is 0.613. The number of rotatable bonds is 6. The lowest BCUT2D eigenvalue weighted by Gasteiger charge is -2.45. The highest BCUT2D eigenvalue weighted by atomic mass is 19.4. The smallest absolute Gasteiger partial charge is 0.416 e. The minimum atomic E-state index is -4.57. The minimum absolute atomic E-state index is 0.0250. The summed E-state index contributed by atoms with van der Waals surface area (Å²) in [6.07, 6.45) is 0.763. The van der Waals surface area contributed by atoms with Crippen molar-refractivity contribution in [2.45, 2.75) is 84.0 Å². The number of hydrogen-bond donors (Lipinski definition) is 3. The van der Waals surface area contributed by atoms with E-state index in [0.29, 0.717) is 44.1 Å². The Balaban J connectivity index is 1.55. The number of aliphatic hydroxyl groups is 1. The third-order valence-electron chi connectivity index (χ3n) is 8.85. The number of likely N-dealkylation sites (tertiary alicyclic amines) is 3. The molecule has 1 amide bonds. The summed E-state index contributed by atoms with van der Waals surface area (Å²) in [6, 6.07) is 2.98. The van der Waals surface area contributed by atoms with Gasteiger partial charge in [0.05, 0.1) is 23.9 Å². The lowest BCUT2D eigenvalue weighted by molar-refractivity contribution is -0.137. The van der Waals surface area contributed by atoms with E-state index in [2.05, 4.69) is 23.6 Å². The number of carbonyl (C=O) groups is 1. The number of amides is 1. The number of allylic oxidation sites excluding steroid dienone is 3. The number of nitrogens with zero attached hydrogens (tertiary/aromatic N) is 3. The molecule has 10 heteroatoms. The standard InChI is InChI=1S/C31H43F3N4O3/c1-4-20(2)30-25(21(3)29(35)26-10-9-22(17-27(26)40)31(32,33)34)8-6-14-38(30)23-7-5-13-36(18-23)19-28(41)37-15-11-24(39)12-16-37/h9-10,17,23-24,35,39-40H,4-8,11-16,18-19H2,1-3H3/b25-21-,30-20-,35-29?. The largest absolute Gasteiger partial charge is 0.507 e. The van der Waals surface area contributed by atoms with Crippen molar-refractivity contribution in [2.24, 2.45) is 0 Å². The fourth-order valence-electron chi connectivity index (χ4n) is 6.34. The van der Waals surface area contributed by atoms with Crippen LogP contribution in [0.2, 0.25) is 0 Å². The van der Waals surface area contributed by atoms with Gasteiger partial charge in [0.25, 0.3) is 0 Å². The van der Waals surface area contributed by atoms with E-state index < -0.39 is 17.5 Å². The SMILES string of the molecule is CC/C(C)=C1/C(=C(/C)C(=N)c2ccc(C(F)(F)F)cc2O)CCCN1C1CCCN(CC(=O)N2CCC(O)CC2)C1. The Morgan fingerprint density at radius 2 is 1.78 bits per heavy atom. The van der Waals surface area contributed by atoms with Gasteiger partial charge < -0.3 is 20.0 Å². The number of benzene rings is 1. The lowest BCUT2D eigenvalue weighted by atomic mass is 9.87. The summed E-state index contributed by atoms with van der Waals surface area (Å²) < 4.78 is 39.4. The molecule has 0 spiro atoms. The van der Waals surface area contributed by atoms with Crippen molar-refractivity contribution in [3.63, 3.8) is 0 Å². The number of hydrogen-bond acceptors (Lipinski definition) is 6. The first-order chi connectivity index (χ1) is 19.4. The summed E-state index contributed by atoms with van der Waals surface area (Å²) in [5, 5.41) is 29.1. The first kappa shape index (κ1) is 31.1. The Morgan fingerprint density at radius 3 is 2.41 bits per heavy atom. The summed E-state index contributed by atoms with van der Waals surface area (Å²) in [5.41, 5.74) is 3.10. The van der Waals surface area contributed by atoms with Crippen LogP contribution in [-0.4, -0.2) is 87.9 Å². The third-order valence-corrected chi connectivity index (χ3v) is 8.85. The van der Waals surface area contributed by atoms with Crippen LogP contribution in [0.3, 0.4) is 0 Å². The highest BCUT2D eigenvalue weighted by Crippen LogP contribution is 2.38. The highest BCUT2D eigenvalue weighted by Gasteiger charge is 2.34. The van der Waals surface area contributed by atoms with Crippen molar-refractivity contribution in [3.05, 3.63) is 51.7 Å². The number of alkyl halides is 3. The maximum Gasteiger partial charge on any atom is 0.416 e. The molecule has 0 saturated carbocycles. The molecule has 226 valence electrons. The number of halogens is 3. The lowest BCUT2D eigenvalue weighted by Crippen LogP contribution is -2.52. The van der Waals surface area contributed by atoms with E-state index >= 15 is 0 Å². The molecule has 4 rings (SSSR count). The van der Waals surface area contributed by atoms with Crippen molar-refractivity contribution in [1.82, 2.24) is 14.7 Å². The molecule has 3 fully saturated rings. The highest BCUT2D eigenvalue weighted by molar-refractivity contribution is 6.12. The Hall–Kier alpha value is -2.85. The van der Waals surface area contributed by atoms with Crippen LogP contribution >= 0.6 is 0 Å². The van der Waals surface area contributed by atoms with Crippen LogP contribution in [0.15, 0.2) is 40.6 Å².